The highest BCUT2D eigenvalue weighted by Crippen LogP contribution is 2.07. The van der Waals surface area contributed by atoms with E-state index in [9.17, 15) is 0 Å². The van der Waals surface area contributed by atoms with E-state index in [1.165, 1.54) is 0 Å². The van der Waals surface area contributed by atoms with E-state index in [1.54, 1.807) is 32.6 Å². The Labute approximate surface area is 71.6 Å². The first-order valence-electron chi connectivity index (χ1n) is 3.57. The fourth-order valence-electron chi connectivity index (χ4n) is 0.775. The van der Waals surface area contributed by atoms with Crippen molar-refractivity contribution in [1.82, 2.24) is 4.98 Å². The van der Waals surface area contributed by atoms with Gasteiger partial charge in [-0.1, -0.05) is 6.07 Å². The summed E-state index contributed by atoms with van der Waals surface area (Å²) in [6, 6.07) is 5.54. The van der Waals surface area contributed by atoms with Gasteiger partial charge in [-0.05, 0) is 12.1 Å². The number of hydrogen-bond donors (Lipinski definition) is 0. The van der Waals surface area contributed by atoms with Gasteiger partial charge in [0, 0.05) is 6.07 Å². The van der Waals surface area contributed by atoms with Crippen molar-refractivity contribution in [2.75, 3.05) is 14.2 Å². The van der Waals surface area contributed by atoms with Crippen molar-refractivity contribution in [3.05, 3.63) is 30.2 Å². The van der Waals surface area contributed by atoms with E-state index in [-0.39, 0.29) is 0 Å². The largest absolute Gasteiger partial charge is 0.504 e. The lowest BCUT2D eigenvalue weighted by Gasteiger charge is -1.98. The van der Waals surface area contributed by atoms with Gasteiger partial charge in [0.25, 0.3) is 0 Å². The molecule has 0 amide bonds. The van der Waals surface area contributed by atoms with Crippen LogP contribution in [0.4, 0.5) is 0 Å². The third kappa shape index (κ3) is 2.27. The molecule has 3 nitrogen and oxygen atoms in total. The summed E-state index contributed by atoms with van der Waals surface area (Å²) >= 11 is 0. The maximum absolute atomic E-state index is 4.95. The second-order valence-corrected chi connectivity index (χ2v) is 2.14. The minimum absolute atomic E-state index is 0.605. The molecule has 0 aliphatic heterocycles. The average molecular weight is 165 g/mol. The Balaban J connectivity index is 2.79. The second kappa shape index (κ2) is 4.38. The van der Waals surface area contributed by atoms with Crippen LogP contribution in [0.15, 0.2) is 24.5 Å². The number of nitrogens with zero attached hydrogens (tertiary/aromatic N) is 1. The highest BCUT2D eigenvalue weighted by atomic mass is 16.5. The van der Waals surface area contributed by atoms with Gasteiger partial charge in [-0.2, -0.15) is 0 Å². The van der Waals surface area contributed by atoms with Crippen molar-refractivity contribution < 1.29 is 9.47 Å². The Morgan fingerprint density at radius 3 is 2.83 bits per heavy atom. The zero-order valence-corrected chi connectivity index (χ0v) is 7.15. The van der Waals surface area contributed by atoms with Crippen molar-refractivity contribution in [2.24, 2.45) is 0 Å². The van der Waals surface area contributed by atoms with Crippen LogP contribution < -0.4 is 4.74 Å². The summed E-state index contributed by atoms with van der Waals surface area (Å²) < 4.78 is 9.71. The van der Waals surface area contributed by atoms with Crippen molar-refractivity contribution >= 4 is 6.08 Å². The highest BCUT2D eigenvalue weighted by Gasteiger charge is 1.91. The summed E-state index contributed by atoms with van der Waals surface area (Å²) in [7, 11) is 3.18. The molecule has 0 aliphatic rings. The van der Waals surface area contributed by atoms with Gasteiger partial charge < -0.3 is 9.47 Å². The third-order valence-electron chi connectivity index (χ3n) is 1.33. The monoisotopic (exact) mass is 165 g/mol. The molecule has 0 N–H and O–H groups in total. The Bertz CT molecular complexity index is 271. The Kier molecular flexibility index (Phi) is 3.14. The van der Waals surface area contributed by atoms with Crippen LogP contribution in [-0.4, -0.2) is 19.2 Å². The Morgan fingerprint density at radius 2 is 2.17 bits per heavy atom. The molecule has 0 atom stereocenters. The molecule has 0 unspecified atom stereocenters. The first-order chi connectivity index (χ1) is 5.86. The molecular weight excluding hydrogens is 154 g/mol. The molecule has 0 bridgehead atoms. The van der Waals surface area contributed by atoms with Gasteiger partial charge >= 0.3 is 0 Å². The van der Waals surface area contributed by atoms with Crippen molar-refractivity contribution in [3.8, 4) is 5.88 Å². The molecule has 64 valence electrons. The van der Waals surface area contributed by atoms with Crippen LogP contribution in [0.3, 0.4) is 0 Å². The molecule has 1 aromatic rings. The van der Waals surface area contributed by atoms with E-state index in [2.05, 4.69) is 4.98 Å². The summed E-state index contributed by atoms with van der Waals surface area (Å²) in [5.41, 5.74) is 0.816. The highest BCUT2D eigenvalue weighted by molar-refractivity contribution is 5.43. The van der Waals surface area contributed by atoms with E-state index in [1.807, 2.05) is 12.1 Å². The predicted octanol–water partition coefficient (Wildman–Crippen LogP) is 1.71. The van der Waals surface area contributed by atoms with Crippen LogP contribution in [0.1, 0.15) is 5.69 Å². The Hall–Kier alpha value is -1.51. The zero-order chi connectivity index (χ0) is 8.81. The third-order valence-corrected chi connectivity index (χ3v) is 1.33. The van der Waals surface area contributed by atoms with Crippen LogP contribution in [0, 0.1) is 0 Å². The molecule has 12 heavy (non-hydrogen) atoms. The van der Waals surface area contributed by atoms with E-state index in [0.29, 0.717) is 5.88 Å². The smallest absolute Gasteiger partial charge is 0.213 e. The molecule has 0 aromatic carbocycles. The van der Waals surface area contributed by atoms with Gasteiger partial charge in [-0.15, -0.1) is 0 Å². The lowest BCUT2D eigenvalue weighted by atomic mass is 10.3. The van der Waals surface area contributed by atoms with Crippen LogP contribution in [0.2, 0.25) is 0 Å². The van der Waals surface area contributed by atoms with Gasteiger partial charge in [-0.25, -0.2) is 4.98 Å². The zero-order valence-electron chi connectivity index (χ0n) is 7.15. The first-order valence-corrected chi connectivity index (χ1v) is 3.57. The summed E-state index contributed by atoms with van der Waals surface area (Å²) in [6.07, 6.45) is 3.34. The number of hydrogen-bond acceptors (Lipinski definition) is 3. The van der Waals surface area contributed by atoms with Crippen molar-refractivity contribution in [3.63, 3.8) is 0 Å². The molecule has 3 heteroatoms. The predicted molar refractivity (Wildman–Crippen MR) is 46.8 cm³/mol. The molecule has 0 saturated heterocycles. The van der Waals surface area contributed by atoms with Gasteiger partial charge in [0.1, 0.15) is 0 Å². The summed E-state index contributed by atoms with van der Waals surface area (Å²) in [5.74, 6) is 0.605. The maximum atomic E-state index is 4.95. The fourth-order valence-corrected chi connectivity index (χ4v) is 0.775. The SMILES string of the molecule is COC=Cc1cccc(OC)n1. The number of aromatic nitrogens is 1. The average Bonchev–Trinajstić information content (AvgIpc) is 2.15. The Morgan fingerprint density at radius 1 is 1.33 bits per heavy atom. The second-order valence-electron chi connectivity index (χ2n) is 2.14. The summed E-state index contributed by atoms with van der Waals surface area (Å²) in [6.45, 7) is 0. The molecular formula is C9H11NO2. The quantitative estimate of drug-likeness (QED) is 0.639. The van der Waals surface area contributed by atoms with Gasteiger partial charge in [0.05, 0.1) is 26.2 Å². The minimum Gasteiger partial charge on any atom is -0.504 e. The van der Waals surface area contributed by atoms with Crippen LogP contribution in [-0.2, 0) is 4.74 Å². The van der Waals surface area contributed by atoms with Crippen molar-refractivity contribution in [1.29, 1.82) is 0 Å². The minimum atomic E-state index is 0.605. The summed E-state index contributed by atoms with van der Waals surface area (Å²) in [4.78, 5) is 4.14. The van der Waals surface area contributed by atoms with Crippen LogP contribution >= 0.6 is 0 Å². The molecule has 0 aliphatic carbocycles. The first kappa shape index (κ1) is 8.59. The topological polar surface area (TPSA) is 31.4 Å². The van der Waals surface area contributed by atoms with Gasteiger partial charge in [-0.3, -0.25) is 0 Å². The number of ether oxygens (including phenoxy) is 2. The molecule has 1 heterocycles. The number of methoxy groups -OCH3 is 2. The molecule has 1 aromatic heterocycles. The molecule has 1 rings (SSSR count). The van der Waals surface area contributed by atoms with E-state index in [0.717, 1.165) is 5.69 Å². The van der Waals surface area contributed by atoms with Crippen LogP contribution in [0.5, 0.6) is 5.88 Å². The standard InChI is InChI=1S/C9H11NO2/c1-11-7-6-8-4-3-5-9(10-8)12-2/h3-7H,1-2H3. The molecule has 0 spiro atoms. The normalized spacial score (nSPS) is 10.2. The van der Waals surface area contributed by atoms with Gasteiger partial charge in [0.2, 0.25) is 5.88 Å². The molecule has 0 fully saturated rings. The summed E-state index contributed by atoms with van der Waals surface area (Å²) in [5, 5.41) is 0. The molecule has 0 radical (unpaired) electrons. The van der Waals surface area contributed by atoms with E-state index >= 15 is 0 Å². The van der Waals surface area contributed by atoms with Crippen molar-refractivity contribution in [2.45, 2.75) is 0 Å². The maximum Gasteiger partial charge on any atom is 0.213 e. The lowest BCUT2D eigenvalue weighted by molar-refractivity contribution is 0.341. The fraction of sp³-hybridized carbons (Fsp3) is 0.222. The molecule has 0 saturated carbocycles. The lowest BCUT2D eigenvalue weighted by Crippen LogP contribution is -1.88. The van der Waals surface area contributed by atoms with E-state index < -0.39 is 0 Å². The number of pyridine rings is 1. The number of rotatable bonds is 3. The van der Waals surface area contributed by atoms with Gasteiger partial charge in [0.15, 0.2) is 0 Å². The van der Waals surface area contributed by atoms with Crippen LogP contribution in [0.25, 0.3) is 6.08 Å². The van der Waals surface area contributed by atoms with E-state index in [4.69, 9.17) is 9.47 Å².